The summed E-state index contributed by atoms with van der Waals surface area (Å²) in [6.45, 7) is 2.20. The van der Waals surface area contributed by atoms with Crippen molar-refractivity contribution in [3.8, 4) is 0 Å². The molecule has 13 heavy (non-hydrogen) atoms. The molecule has 78 valence electrons. The van der Waals surface area contributed by atoms with E-state index in [2.05, 4.69) is 0 Å². The molecule has 0 saturated carbocycles. The van der Waals surface area contributed by atoms with E-state index in [9.17, 15) is 0 Å². The number of rotatable bonds is 6. The van der Waals surface area contributed by atoms with Crippen LogP contribution in [0.4, 0.5) is 0 Å². The highest BCUT2D eigenvalue weighted by Gasteiger charge is 2.37. The average Bonchev–Trinajstić information content (AvgIpc) is 2.13. The van der Waals surface area contributed by atoms with Crippen molar-refractivity contribution in [1.82, 2.24) is 0 Å². The third kappa shape index (κ3) is 4.68. The van der Waals surface area contributed by atoms with Gasteiger partial charge in [-0.1, -0.05) is 0 Å². The lowest BCUT2D eigenvalue weighted by atomic mass is 10.8. The predicted octanol–water partition coefficient (Wildman–Crippen LogP) is 1.23. The summed E-state index contributed by atoms with van der Waals surface area (Å²) in [4.78, 5) is 0. The van der Waals surface area contributed by atoms with Crippen molar-refractivity contribution < 1.29 is 18.0 Å². The molecule has 0 spiro atoms. The molecule has 0 rings (SSSR count). The Morgan fingerprint density at radius 2 is 1.62 bits per heavy atom. The number of ether oxygens (including phenoxy) is 1. The second kappa shape index (κ2) is 6.44. The highest BCUT2D eigenvalue weighted by Crippen LogP contribution is 2.12. The van der Waals surface area contributed by atoms with Gasteiger partial charge in [0, 0.05) is 28.3 Å². The Morgan fingerprint density at radius 1 is 1.15 bits per heavy atom. The lowest BCUT2D eigenvalue weighted by Gasteiger charge is -2.23. The first-order valence-electron chi connectivity index (χ1n) is 3.89. The van der Waals surface area contributed by atoms with Gasteiger partial charge in [-0.15, -0.1) is 0 Å². The molecule has 0 aromatic carbocycles. The van der Waals surface area contributed by atoms with Crippen LogP contribution in [-0.4, -0.2) is 41.8 Å². The normalized spacial score (nSPS) is 11.4. The molecule has 0 heterocycles. The minimum Gasteiger partial charge on any atom is -0.487 e. The van der Waals surface area contributed by atoms with Crippen molar-refractivity contribution in [2.45, 2.75) is 13.0 Å². The topological polar surface area (TPSA) is 36.9 Å². The summed E-state index contributed by atoms with van der Waals surface area (Å²) in [6, 6.07) is 0.602. The summed E-state index contributed by atoms with van der Waals surface area (Å²) in [7, 11) is 2.25. The molecule has 0 amide bonds. The van der Waals surface area contributed by atoms with Gasteiger partial charge in [-0.2, -0.15) is 0 Å². The SMILES string of the molecule is CO[Si](CCOC(C)=S)(OC)OC. The Balaban J connectivity index is 3.88. The lowest BCUT2D eigenvalue weighted by Crippen LogP contribution is -2.43. The summed E-state index contributed by atoms with van der Waals surface area (Å²) in [5.41, 5.74) is 0. The van der Waals surface area contributed by atoms with Crippen LogP contribution in [0.1, 0.15) is 6.92 Å². The maximum Gasteiger partial charge on any atom is 0.503 e. The van der Waals surface area contributed by atoms with Gasteiger partial charge in [-0.3, -0.25) is 0 Å². The molecule has 0 fully saturated rings. The molecular weight excluding hydrogens is 208 g/mol. The van der Waals surface area contributed by atoms with Crippen molar-refractivity contribution in [3.63, 3.8) is 0 Å². The first-order chi connectivity index (χ1) is 6.10. The Kier molecular flexibility index (Phi) is 6.44. The quantitative estimate of drug-likeness (QED) is 0.501. The Bertz CT molecular complexity index is 152. The van der Waals surface area contributed by atoms with Gasteiger partial charge in [0.25, 0.3) is 0 Å². The molecule has 0 aliphatic carbocycles. The second-order valence-electron chi connectivity index (χ2n) is 2.39. The van der Waals surface area contributed by atoms with E-state index in [4.69, 9.17) is 30.2 Å². The van der Waals surface area contributed by atoms with Crippen LogP contribution in [0.3, 0.4) is 0 Å². The summed E-state index contributed by atoms with van der Waals surface area (Å²) in [6.07, 6.45) is 0. The first kappa shape index (κ1) is 13.0. The first-order valence-corrected chi connectivity index (χ1v) is 6.23. The number of hydrogen-bond donors (Lipinski definition) is 0. The van der Waals surface area contributed by atoms with Crippen molar-refractivity contribution in [2.24, 2.45) is 0 Å². The Labute approximate surface area is 85.5 Å². The fourth-order valence-corrected chi connectivity index (χ4v) is 2.42. The summed E-state index contributed by atoms with van der Waals surface area (Å²) >= 11 is 4.76. The second-order valence-corrected chi connectivity index (χ2v) is 6.05. The molecule has 0 aliphatic heterocycles. The molecule has 0 unspecified atom stereocenters. The van der Waals surface area contributed by atoms with Crippen molar-refractivity contribution in [3.05, 3.63) is 0 Å². The molecular formula is C7H16O4SSi. The van der Waals surface area contributed by atoms with E-state index in [0.717, 1.165) is 0 Å². The van der Waals surface area contributed by atoms with Crippen molar-refractivity contribution >= 4 is 26.1 Å². The highest BCUT2D eigenvalue weighted by atomic mass is 32.1. The van der Waals surface area contributed by atoms with Crippen molar-refractivity contribution in [2.75, 3.05) is 27.9 Å². The molecule has 0 saturated heterocycles. The van der Waals surface area contributed by atoms with Gasteiger partial charge in [0.2, 0.25) is 0 Å². The average molecular weight is 224 g/mol. The number of hydrogen-bond acceptors (Lipinski definition) is 5. The monoisotopic (exact) mass is 224 g/mol. The summed E-state index contributed by atoms with van der Waals surface area (Å²) in [5, 5.41) is 0.520. The third-order valence-electron chi connectivity index (χ3n) is 1.65. The molecule has 0 atom stereocenters. The van der Waals surface area contributed by atoms with Crippen LogP contribution in [0.2, 0.25) is 6.04 Å². The van der Waals surface area contributed by atoms with E-state index in [0.29, 0.717) is 17.7 Å². The van der Waals surface area contributed by atoms with Gasteiger partial charge in [-0.25, -0.2) is 0 Å². The maximum absolute atomic E-state index is 5.19. The predicted molar refractivity (Wildman–Crippen MR) is 55.8 cm³/mol. The maximum atomic E-state index is 5.19. The van der Waals surface area contributed by atoms with Crippen LogP contribution in [0, 0.1) is 0 Å². The standard InChI is InChI=1S/C7H16O4SSi/c1-7(12)11-5-6-13(8-2,9-3)10-4/h5-6H2,1-4H3. The van der Waals surface area contributed by atoms with Crippen LogP contribution in [0.25, 0.3) is 0 Å². The van der Waals surface area contributed by atoms with E-state index in [1.54, 1.807) is 28.3 Å². The van der Waals surface area contributed by atoms with E-state index >= 15 is 0 Å². The van der Waals surface area contributed by atoms with Crippen LogP contribution >= 0.6 is 12.2 Å². The summed E-state index contributed by atoms with van der Waals surface area (Å²) < 4.78 is 20.7. The van der Waals surface area contributed by atoms with Crippen LogP contribution in [0.5, 0.6) is 0 Å². The van der Waals surface area contributed by atoms with Crippen LogP contribution in [-0.2, 0) is 18.0 Å². The fourth-order valence-electron chi connectivity index (χ4n) is 0.876. The van der Waals surface area contributed by atoms with Gasteiger partial charge in [0.05, 0.1) is 12.7 Å². The van der Waals surface area contributed by atoms with E-state index in [1.165, 1.54) is 0 Å². The van der Waals surface area contributed by atoms with Gasteiger partial charge >= 0.3 is 8.80 Å². The Morgan fingerprint density at radius 3 is 1.92 bits per heavy atom. The molecule has 6 heteroatoms. The summed E-state index contributed by atoms with van der Waals surface area (Å²) in [5.74, 6) is 0. The fraction of sp³-hybridized carbons (Fsp3) is 0.857. The molecule has 0 aromatic rings. The zero-order chi connectivity index (χ0) is 10.3. The lowest BCUT2D eigenvalue weighted by molar-refractivity contribution is 0.117. The van der Waals surface area contributed by atoms with Gasteiger partial charge < -0.3 is 18.0 Å². The highest BCUT2D eigenvalue weighted by molar-refractivity contribution is 7.80. The largest absolute Gasteiger partial charge is 0.503 e. The molecule has 0 N–H and O–H groups in total. The molecule has 0 bridgehead atoms. The number of thiocarbonyl (C=S) groups is 1. The Hall–Kier alpha value is -0.0131. The van der Waals surface area contributed by atoms with Gasteiger partial charge in [-0.05, 0) is 12.2 Å². The van der Waals surface area contributed by atoms with E-state index in [-0.39, 0.29) is 0 Å². The molecule has 0 aromatic heterocycles. The van der Waals surface area contributed by atoms with Gasteiger partial charge in [0.15, 0.2) is 5.05 Å². The zero-order valence-corrected chi connectivity index (χ0v) is 10.3. The third-order valence-corrected chi connectivity index (χ3v) is 4.45. The van der Waals surface area contributed by atoms with Crippen LogP contribution < -0.4 is 0 Å². The van der Waals surface area contributed by atoms with Crippen LogP contribution in [0.15, 0.2) is 0 Å². The smallest absolute Gasteiger partial charge is 0.487 e. The van der Waals surface area contributed by atoms with Gasteiger partial charge in [0.1, 0.15) is 0 Å². The molecule has 0 aliphatic rings. The minimum absolute atomic E-state index is 0.469. The van der Waals surface area contributed by atoms with Crippen molar-refractivity contribution in [1.29, 1.82) is 0 Å². The van der Waals surface area contributed by atoms with E-state index in [1.807, 2.05) is 0 Å². The zero-order valence-electron chi connectivity index (χ0n) is 8.46. The molecule has 4 nitrogen and oxygen atoms in total. The minimum atomic E-state index is -2.47. The van der Waals surface area contributed by atoms with E-state index < -0.39 is 8.80 Å². The molecule has 0 radical (unpaired) electrons.